The lowest BCUT2D eigenvalue weighted by Crippen LogP contribution is -2.26. The van der Waals surface area contributed by atoms with Crippen LogP contribution >= 0.6 is 0 Å². The van der Waals surface area contributed by atoms with Gasteiger partial charge in [-0.25, -0.2) is 4.79 Å². The first-order chi connectivity index (χ1) is 14.4. The van der Waals surface area contributed by atoms with Gasteiger partial charge in [-0.2, -0.15) is 0 Å². The van der Waals surface area contributed by atoms with Crippen molar-refractivity contribution in [2.45, 2.75) is 84.7 Å². The summed E-state index contributed by atoms with van der Waals surface area (Å²) >= 11 is 0. The predicted molar refractivity (Wildman–Crippen MR) is 123 cm³/mol. The maximum atomic E-state index is 11.4. The van der Waals surface area contributed by atoms with E-state index in [1.54, 1.807) is 6.92 Å². The van der Waals surface area contributed by atoms with E-state index < -0.39 is 12.1 Å². The van der Waals surface area contributed by atoms with E-state index in [4.69, 9.17) is 4.74 Å². The van der Waals surface area contributed by atoms with E-state index in [1.165, 1.54) is 36.8 Å². The number of ether oxygens (including phenoxy) is 1. The van der Waals surface area contributed by atoms with Gasteiger partial charge < -0.3 is 14.9 Å². The molecule has 1 rings (SSSR count). The van der Waals surface area contributed by atoms with E-state index >= 15 is 0 Å². The summed E-state index contributed by atoms with van der Waals surface area (Å²) in [5, 5.41) is 20.0. The molecule has 1 aromatic carbocycles. The molecule has 0 bridgehead atoms. The fraction of sp³-hybridized carbons (Fsp3) is 0.654. The van der Waals surface area contributed by atoms with E-state index in [1.807, 2.05) is 0 Å². The molecule has 0 aliphatic heterocycles. The number of esters is 1. The van der Waals surface area contributed by atoms with Gasteiger partial charge in [0.1, 0.15) is 0 Å². The van der Waals surface area contributed by atoms with Gasteiger partial charge in [-0.3, -0.25) is 0 Å². The first-order valence-electron chi connectivity index (χ1n) is 11.6. The van der Waals surface area contributed by atoms with Crippen LogP contribution in [0, 0.1) is 11.8 Å². The number of benzene rings is 1. The largest absolute Gasteiger partial charge is 0.462 e. The van der Waals surface area contributed by atoms with Crippen molar-refractivity contribution < 1.29 is 19.7 Å². The fourth-order valence-corrected chi connectivity index (χ4v) is 3.53. The Kier molecular flexibility index (Phi) is 13.4. The Hall–Kier alpha value is -1.65. The molecule has 0 aliphatic carbocycles. The lowest BCUT2D eigenvalue weighted by atomic mass is 9.90. The molecule has 3 unspecified atom stereocenters. The third-order valence-corrected chi connectivity index (χ3v) is 5.82. The fourth-order valence-electron chi connectivity index (χ4n) is 3.53. The Morgan fingerprint density at radius 2 is 1.67 bits per heavy atom. The summed E-state index contributed by atoms with van der Waals surface area (Å²) in [6.45, 7) is 9.68. The number of aliphatic hydroxyl groups is 2. The van der Waals surface area contributed by atoms with Gasteiger partial charge in [-0.15, -0.1) is 0 Å². The van der Waals surface area contributed by atoms with Crippen LogP contribution in [0.4, 0.5) is 0 Å². The van der Waals surface area contributed by atoms with Gasteiger partial charge >= 0.3 is 5.97 Å². The SMILES string of the molecule is C=C(C)C(=O)OCCC(CO)C(O)CCC(C)CCc1ccc(CCCCC)cc1. The van der Waals surface area contributed by atoms with Gasteiger partial charge in [0.2, 0.25) is 0 Å². The molecule has 30 heavy (non-hydrogen) atoms. The van der Waals surface area contributed by atoms with Gasteiger partial charge in [0.25, 0.3) is 0 Å². The second-order valence-electron chi connectivity index (χ2n) is 8.71. The summed E-state index contributed by atoms with van der Waals surface area (Å²) in [4.78, 5) is 11.4. The molecular weight excluding hydrogens is 376 g/mol. The Morgan fingerprint density at radius 3 is 2.23 bits per heavy atom. The molecule has 170 valence electrons. The maximum absolute atomic E-state index is 11.4. The number of carbonyl (C=O) groups excluding carboxylic acids is 1. The zero-order chi connectivity index (χ0) is 22.4. The molecule has 0 aromatic heterocycles. The lowest BCUT2D eigenvalue weighted by Gasteiger charge is -2.22. The number of rotatable bonds is 16. The number of aliphatic hydroxyl groups excluding tert-OH is 2. The molecule has 0 spiro atoms. The van der Waals surface area contributed by atoms with Gasteiger partial charge in [0.15, 0.2) is 0 Å². The van der Waals surface area contributed by atoms with Crippen molar-refractivity contribution in [1.29, 1.82) is 0 Å². The molecule has 0 fully saturated rings. The van der Waals surface area contributed by atoms with Gasteiger partial charge in [-0.05, 0) is 68.9 Å². The Morgan fingerprint density at radius 1 is 1.03 bits per heavy atom. The highest BCUT2D eigenvalue weighted by Gasteiger charge is 2.20. The summed E-state index contributed by atoms with van der Waals surface area (Å²) in [5.74, 6) is -0.191. The van der Waals surface area contributed by atoms with Crippen LogP contribution in [0.15, 0.2) is 36.4 Å². The van der Waals surface area contributed by atoms with Crippen molar-refractivity contribution >= 4 is 5.97 Å². The molecule has 0 radical (unpaired) electrons. The van der Waals surface area contributed by atoms with Gasteiger partial charge in [0, 0.05) is 18.1 Å². The topological polar surface area (TPSA) is 66.8 Å². The quantitative estimate of drug-likeness (QED) is 0.219. The van der Waals surface area contributed by atoms with Crippen molar-refractivity contribution in [2.24, 2.45) is 11.8 Å². The third kappa shape index (κ3) is 10.9. The van der Waals surface area contributed by atoms with Crippen LogP contribution < -0.4 is 0 Å². The zero-order valence-electron chi connectivity index (χ0n) is 19.2. The van der Waals surface area contributed by atoms with E-state index in [0.717, 1.165) is 19.3 Å². The van der Waals surface area contributed by atoms with Crippen LogP contribution in [-0.2, 0) is 22.4 Å². The van der Waals surface area contributed by atoms with Crippen molar-refractivity contribution in [1.82, 2.24) is 0 Å². The molecule has 4 heteroatoms. The highest BCUT2D eigenvalue weighted by Crippen LogP contribution is 2.20. The summed E-state index contributed by atoms with van der Waals surface area (Å²) in [6, 6.07) is 9.01. The average Bonchev–Trinajstić information content (AvgIpc) is 2.74. The molecule has 0 aliphatic rings. The van der Waals surface area contributed by atoms with Crippen LogP contribution in [-0.4, -0.2) is 35.5 Å². The molecule has 0 saturated heterocycles. The molecule has 0 saturated carbocycles. The molecule has 3 atom stereocenters. The Balaban J connectivity index is 2.29. The second-order valence-corrected chi connectivity index (χ2v) is 8.71. The summed E-state index contributed by atoms with van der Waals surface area (Å²) < 4.78 is 5.07. The normalized spacial score (nSPS) is 14.2. The number of hydrogen-bond acceptors (Lipinski definition) is 4. The number of aryl methyl sites for hydroxylation is 2. The minimum atomic E-state index is -0.580. The van der Waals surface area contributed by atoms with Crippen LogP contribution in [0.3, 0.4) is 0 Å². The maximum Gasteiger partial charge on any atom is 0.333 e. The van der Waals surface area contributed by atoms with Crippen LogP contribution in [0.25, 0.3) is 0 Å². The number of unbranched alkanes of at least 4 members (excludes halogenated alkanes) is 2. The molecule has 4 nitrogen and oxygen atoms in total. The highest BCUT2D eigenvalue weighted by molar-refractivity contribution is 5.86. The molecule has 1 aromatic rings. The smallest absolute Gasteiger partial charge is 0.333 e. The van der Waals surface area contributed by atoms with E-state index in [2.05, 4.69) is 44.7 Å². The van der Waals surface area contributed by atoms with E-state index in [-0.39, 0.29) is 19.1 Å². The van der Waals surface area contributed by atoms with E-state index in [9.17, 15) is 15.0 Å². The van der Waals surface area contributed by atoms with Crippen molar-refractivity contribution in [2.75, 3.05) is 13.2 Å². The summed E-state index contributed by atoms with van der Waals surface area (Å²) in [6.07, 6.45) is 8.55. The Bertz CT molecular complexity index is 608. The van der Waals surface area contributed by atoms with Gasteiger partial charge in [0.05, 0.1) is 12.7 Å². The number of hydrogen-bond donors (Lipinski definition) is 2. The van der Waals surface area contributed by atoms with Gasteiger partial charge in [-0.1, -0.05) is 57.5 Å². The second kappa shape index (κ2) is 15.2. The van der Waals surface area contributed by atoms with Crippen LogP contribution in [0.5, 0.6) is 0 Å². The lowest BCUT2D eigenvalue weighted by molar-refractivity contribution is -0.139. The standard InChI is InChI=1S/C26H42O4/c1-5-6-7-8-22-12-14-23(15-13-22)11-9-21(4)10-16-25(28)24(19-27)17-18-30-26(29)20(2)3/h12-15,21,24-25,27-28H,2,5-11,16-19H2,1,3-4H3. The summed E-state index contributed by atoms with van der Waals surface area (Å²) in [7, 11) is 0. The Labute approximate surface area is 183 Å². The molecule has 0 heterocycles. The minimum absolute atomic E-state index is 0.106. The number of carbonyl (C=O) groups is 1. The first-order valence-corrected chi connectivity index (χ1v) is 11.6. The average molecular weight is 419 g/mol. The van der Waals surface area contributed by atoms with Crippen molar-refractivity contribution in [3.05, 3.63) is 47.5 Å². The highest BCUT2D eigenvalue weighted by atomic mass is 16.5. The summed E-state index contributed by atoms with van der Waals surface area (Å²) in [5.41, 5.74) is 3.15. The molecule has 0 amide bonds. The monoisotopic (exact) mass is 418 g/mol. The molecule has 2 N–H and O–H groups in total. The molecular formula is C26H42O4. The zero-order valence-corrected chi connectivity index (χ0v) is 19.2. The predicted octanol–water partition coefficient (Wildman–Crippen LogP) is 5.25. The van der Waals surface area contributed by atoms with E-state index in [0.29, 0.717) is 24.3 Å². The van der Waals surface area contributed by atoms with Crippen molar-refractivity contribution in [3.63, 3.8) is 0 Å². The van der Waals surface area contributed by atoms with Crippen LogP contribution in [0.2, 0.25) is 0 Å². The first kappa shape index (κ1) is 26.4. The van der Waals surface area contributed by atoms with Crippen LogP contribution in [0.1, 0.15) is 76.8 Å². The van der Waals surface area contributed by atoms with Crippen molar-refractivity contribution in [3.8, 4) is 0 Å². The third-order valence-electron chi connectivity index (χ3n) is 5.82. The minimum Gasteiger partial charge on any atom is -0.462 e.